The quantitative estimate of drug-likeness (QED) is 0.936. The van der Waals surface area contributed by atoms with Crippen LogP contribution in [0.15, 0.2) is 36.4 Å². The smallest absolute Gasteiger partial charge is 0.336 e. The molecule has 4 nitrogen and oxygen atoms in total. The van der Waals surface area contributed by atoms with Crippen molar-refractivity contribution in [3.63, 3.8) is 0 Å². The zero-order valence-electron chi connectivity index (χ0n) is 12.5. The second-order valence-electron chi connectivity index (χ2n) is 5.20. The van der Waals surface area contributed by atoms with Gasteiger partial charge in [-0.3, -0.25) is 4.79 Å². The van der Waals surface area contributed by atoms with E-state index in [4.69, 9.17) is 0 Å². The Hall–Kier alpha value is -2.36. The van der Waals surface area contributed by atoms with Gasteiger partial charge in [-0.25, -0.2) is 4.79 Å². The molecular formula is C17H19NO3. The Kier molecular flexibility index (Phi) is 4.26. The lowest BCUT2D eigenvalue weighted by Gasteiger charge is -2.26. The van der Waals surface area contributed by atoms with Crippen molar-refractivity contribution in [3.8, 4) is 0 Å². The van der Waals surface area contributed by atoms with E-state index in [0.29, 0.717) is 17.5 Å². The Labute approximate surface area is 124 Å². The van der Waals surface area contributed by atoms with Gasteiger partial charge in [-0.15, -0.1) is 0 Å². The molecule has 0 aliphatic carbocycles. The van der Waals surface area contributed by atoms with Crippen LogP contribution in [-0.4, -0.2) is 34.5 Å². The van der Waals surface area contributed by atoms with E-state index < -0.39 is 5.97 Å². The molecule has 0 radical (unpaired) electrons. The highest BCUT2D eigenvalue weighted by molar-refractivity contribution is 6.14. The van der Waals surface area contributed by atoms with Gasteiger partial charge in [0.15, 0.2) is 0 Å². The number of benzene rings is 2. The maximum absolute atomic E-state index is 12.7. The maximum atomic E-state index is 12.7. The van der Waals surface area contributed by atoms with Crippen molar-refractivity contribution in [1.82, 2.24) is 4.90 Å². The minimum Gasteiger partial charge on any atom is -0.478 e. The number of carbonyl (C=O) groups excluding carboxylic acids is 1. The first-order chi connectivity index (χ1) is 9.97. The van der Waals surface area contributed by atoms with Crippen molar-refractivity contribution in [3.05, 3.63) is 47.5 Å². The number of carboxylic acids is 1. The number of carbonyl (C=O) groups is 2. The van der Waals surface area contributed by atoms with E-state index in [1.807, 2.05) is 32.9 Å². The van der Waals surface area contributed by atoms with Gasteiger partial charge in [-0.05, 0) is 38.3 Å². The predicted molar refractivity (Wildman–Crippen MR) is 82.8 cm³/mol. The van der Waals surface area contributed by atoms with Gasteiger partial charge < -0.3 is 10.0 Å². The van der Waals surface area contributed by atoms with E-state index in [9.17, 15) is 14.7 Å². The van der Waals surface area contributed by atoms with Crippen LogP contribution in [0.3, 0.4) is 0 Å². The highest BCUT2D eigenvalue weighted by Crippen LogP contribution is 2.25. The molecular weight excluding hydrogens is 266 g/mol. The average molecular weight is 285 g/mol. The molecule has 0 heterocycles. The summed E-state index contributed by atoms with van der Waals surface area (Å²) in [7, 11) is 0. The van der Waals surface area contributed by atoms with Gasteiger partial charge in [0.25, 0.3) is 5.91 Å². The number of amides is 1. The number of carboxylic acid groups (broad SMARTS) is 1. The van der Waals surface area contributed by atoms with E-state index in [1.54, 1.807) is 23.1 Å². The molecule has 0 unspecified atom stereocenters. The van der Waals surface area contributed by atoms with Gasteiger partial charge in [-0.1, -0.05) is 24.3 Å². The van der Waals surface area contributed by atoms with Crippen LogP contribution in [0.1, 0.15) is 41.5 Å². The number of aromatic carboxylic acids is 1. The van der Waals surface area contributed by atoms with Crippen LogP contribution in [0.5, 0.6) is 0 Å². The first-order valence-electron chi connectivity index (χ1n) is 7.03. The van der Waals surface area contributed by atoms with Gasteiger partial charge >= 0.3 is 5.97 Å². The minimum absolute atomic E-state index is 0.0646. The van der Waals surface area contributed by atoms with Crippen LogP contribution >= 0.6 is 0 Å². The summed E-state index contributed by atoms with van der Waals surface area (Å²) >= 11 is 0. The summed E-state index contributed by atoms with van der Waals surface area (Å²) in [5, 5.41) is 10.6. The van der Waals surface area contributed by atoms with Crippen molar-refractivity contribution >= 4 is 22.6 Å². The molecule has 2 rings (SSSR count). The first kappa shape index (κ1) is 15.0. The van der Waals surface area contributed by atoms with Crippen LogP contribution in [0.2, 0.25) is 0 Å². The maximum Gasteiger partial charge on any atom is 0.336 e. The van der Waals surface area contributed by atoms with Crippen LogP contribution in [0.25, 0.3) is 10.8 Å². The summed E-state index contributed by atoms with van der Waals surface area (Å²) in [5.41, 5.74) is 0.609. The van der Waals surface area contributed by atoms with E-state index in [2.05, 4.69) is 0 Å². The standard InChI is InChI=1S/C17H19NO3/c1-4-18(11(2)3)16(19)13-9-5-7-12-8-6-10-14(15(12)13)17(20)21/h5-11H,4H2,1-3H3,(H,20,21). The lowest BCUT2D eigenvalue weighted by molar-refractivity contribution is 0.0698. The van der Waals surface area contributed by atoms with Crippen molar-refractivity contribution < 1.29 is 14.7 Å². The van der Waals surface area contributed by atoms with Gasteiger partial charge in [0.1, 0.15) is 0 Å². The highest BCUT2D eigenvalue weighted by atomic mass is 16.4. The van der Waals surface area contributed by atoms with Gasteiger partial charge in [0.05, 0.1) is 5.56 Å². The molecule has 1 N–H and O–H groups in total. The molecule has 2 aromatic rings. The average Bonchev–Trinajstić information content (AvgIpc) is 2.46. The molecule has 0 bridgehead atoms. The van der Waals surface area contributed by atoms with Crippen molar-refractivity contribution in [2.24, 2.45) is 0 Å². The van der Waals surface area contributed by atoms with E-state index >= 15 is 0 Å². The lowest BCUT2D eigenvalue weighted by atomic mass is 9.98. The number of fused-ring (bicyclic) bond motifs is 1. The molecule has 1 amide bonds. The number of hydrogen-bond acceptors (Lipinski definition) is 2. The third-order valence-corrected chi connectivity index (χ3v) is 3.59. The molecule has 0 spiro atoms. The third kappa shape index (κ3) is 2.75. The summed E-state index contributed by atoms with van der Waals surface area (Å²) < 4.78 is 0. The molecule has 0 fully saturated rings. The molecule has 0 aromatic heterocycles. The fraction of sp³-hybridized carbons (Fsp3) is 0.294. The molecule has 0 saturated carbocycles. The Morgan fingerprint density at radius 2 is 1.67 bits per heavy atom. The molecule has 21 heavy (non-hydrogen) atoms. The largest absolute Gasteiger partial charge is 0.478 e. The molecule has 4 heteroatoms. The SMILES string of the molecule is CCN(C(=O)c1cccc2cccc(C(=O)O)c12)C(C)C. The second kappa shape index (κ2) is 5.95. The molecule has 0 atom stereocenters. The Morgan fingerprint density at radius 1 is 1.10 bits per heavy atom. The van der Waals surface area contributed by atoms with Gasteiger partial charge in [0, 0.05) is 23.5 Å². The van der Waals surface area contributed by atoms with E-state index in [-0.39, 0.29) is 17.5 Å². The number of nitrogens with zero attached hydrogens (tertiary/aromatic N) is 1. The predicted octanol–water partition coefficient (Wildman–Crippen LogP) is 3.41. The Balaban J connectivity index is 2.69. The summed E-state index contributed by atoms with van der Waals surface area (Å²) in [6.07, 6.45) is 0. The molecule has 0 aliphatic heterocycles. The number of hydrogen-bond donors (Lipinski definition) is 1. The zero-order valence-corrected chi connectivity index (χ0v) is 12.5. The van der Waals surface area contributed by atoms with Crippen molar-refractivity contribution in [2.45, 2.75) is 26.8 Å². The molecule has 2 aromatic carbocycles. The first-order valence-corrected chi connectivity index (χ1v) is 7.03. The van der Waals surface area contributed by atoms with Gasteiger partial charge in [-0.2, -0.15) is 0 Å². The second-order valence-corrected chi connectivity index (χ2v) is 5.20. The normalized spacial score (nSPS) is 10.9. The van der Waals surface area contributed by atoms with Crippen molar-refractivity contribution in [1.29, 1.82) is 0 Å². The molecule has 0 saturated heterocycles. The fourth-order valence-corrected chi connectivity index (χ4v) is 2.60. The summed E-state index contributed by atoms with van der Waals surface area (Å²) in [4.78, 5) is 25.9. The van der Waals surface area contributed by atoms with Crippen LogP contribution < -0.4 is 0 Å². The summed E-state index contributed by atoms with van der Waals surface area (Å²) in [6.45, 7) is 6.40. The van der Waals surface area contributed by atoms with Crippen LogP contribution in [-0.2, 0) is 0 Å². The highest BCUT2D eigenvalue weighted by Gasteiger charge is 2.21. The van der Waals surface area contributed by atoms with E-state index in [0.717, 1.165) is 5.39 Å². The molecule has 110 valence electrons. The molecule has 0 aliphatic rings. The summed E-state index contributed by atoms with van der Waals surface area (Å²) in [5.74, 6) is -1.15. The minimum atomic E-state index is -1.02. The number of rotatable bonds is 4. The van der Waals surface area contributed by atoms with Gasteiger partial charge in [0.2, 0.25) is 0 Å². The third-order valence-electron chi connectivity index (χ3n) is 3.59. The lowest BCUT2D eigenvalue weighted by Crippen LogP contribution is -2.36. The van der Waals surface area contributed by atoms with Crippen LogP contribution in [0.4, 0.5) is 0 Å². The Morgan fingerprint density at radius 3 is 2.14 bits per heavy atom. The van der Waals surface area contributed by atoms with E-state index in [1.165, 1.54) is 6.07 Å². The fourth-order valence-electron chi connectivity index (χ4n) is 2.60. The topological polar surface area (TPSA) is 57.6 Å². The van der Waals surface area contributed by atoms with Crippen molar-refractivity contribution in [2.75, 3.05) is 6.54 Å². The monoisotopic (exact) mass is 285 g/mol. The summed E-state index contributed by atoms with van der Waals surface area (Å²) in [6, 6.07) is 10.4. The zero-order chi connectivity index (χ0) is 15.6. The van der Waals surface area contributed by atoms with Crippen LogP contribution in [0, 0.1) is 0 Å². The Bertz CT molecular complexity index is 686.